The van der Waals surface area contributed by atoms with Gasteiger partial charge in [-0.15, -0.1) is 0 Å². The number of hydrogen-bond acceptors (Lipinski definition) is 2. The maximum absolute atomic E-state index is 11.2. The van der Waals surface area contributed by atoms with E-state index in [1.54, 1.807) is 6.26 Å². The van der Waals surface area contributed by atoms with Crippen molar-refractivity contribution in [3.05, 3.63) is 0 Å². The molecule has 1 N–H and O–H groups in total. The molecule has 1 fully saturated rings. The fourth-order valence-electron chi connectivity index (χ4n) is 2.46. The van der Waals surface area contributed by atoms with Crippen molar-refractivity contribution in [2.75, 3.05) is 19.3 Å². The highest BCUT2D eigenvalue weighted by Gasteiger charge is 2.20. The van der Waals surface area contributed by atoms with Crippen LogP contribution in [0.2, 0.25) is 0 Å². The molecule has 0 unspecified atom stereocenters. The normalized spacial score (nSPS) is 29.9. The molecule has 1 aliphatic rings. The highest BCUT2D eigenvalue weighted by atomic mass is 32.2. The first-order valence-electron chi connectivity index (χ1n) is 6.64. The zero-order chi connectivity index (χ0) is 12.0. The molecule has 2 nitrogen and oxygen atoms in total. The van der Waals surface area contributed by atoms with Crippen molar-refractivity contribution in [2.45, 2.75) is 51.2 Å². The molecule has 0 aromatic carbocycles. The standard InChI is InChI=1S/C13H27NOS/c1-11-6-4-5-7-13(11)10-14-9-8-12(2)16(3)15/h11-14H,4-10H2,1-3H3/t11-,12+,13-,16+/m1/s1. The van der Waals surface area contributed by atoms with E-state index in [0.29, 0.717) is 5.25 Å². The van der Waals surface area contributed by atoms with Gasteiger partial charge in [0.05, 0.1) is 0 Å². The Hall–Kier alpha value is 0.110. The van der Waals surface area contributed by atoms with Gasteiger partial charge in [-0.25, -0.2) is 0 Å². The first-order valence-corrected chi connectivity index (χ1v) is 8.26. The van der Waals surface area contributed by atoms with Gasteiger partial charge in [0.1, 0.15) is 0 Å². The first-order chi connectivity index (χ1) is 7.61. The minimum absolute atomic E-state index is 0.330. The predicted octanol–water partition coefficient (Wildman–Crippen LogP) is 2.56. The van der Waals surface area contributed by atoms with Crippen LogP contribution in [0.5, 0.6) is 0 Å². The Morgan fingerprint density at radius 1 is 1.38 bits per heavy atom. The highest BCUT2D eigenvalue weighted by molar-refractivity contribution is 7.84. The molecule has 0 radical (unpaired) electrons. The fourth-order valence-corrected chi connectivity index (χ4v) is 2.90. The van der Waals surface area contributed by atoms with Gasteiger partial charge in [-0.05, 0) is 37.8 Å². The third kappa shape index (κ3) is 4.96. The molecule has 1 aliphatic carbocycles. The van der Waals surface area contributed by atoms with E-state index in [9.17, 15) is 4.21 Å². The fraction of sp³-hybridized carbons (Fsp3) is 1.00. The lowest BCUT2D eigenvalue weighted by Crippen LogP contribution is -2.31. The Morgan fingerprint density at radius 3 is 2.69 bits per heavy atom. The molecule has 4 atom stereocenters. The molecule has 1 saturated carbocycles. The SMILES string of the molecule is C[C@@H]1CCCC[C@@H]1CNCC[C@H](C)[S@](C)=O. The van der Waals surface area contributed by atoms with Crippen LogP contribution in [0.3, 0.4) is 0 Å². The summed E-state index contributed by atoms with van der Waals surface area (Å²) in [6.07, 6.45) is 8.46. The second-order valence-electron chi connectivity index (χ2n) is 5.32. The van der Waals surface area contributed by atoms with Gasteiger partial charge in [0.2, 0.25) is 0 Å². The second kappa shape index (κ2) is 7.44. The van der Waals surface area contributed by atoms with Crippen LogP contribution < -0.4 is 5.32 Å². The van der Waals surface area contributed by atoms with E-state index in [1.807, 2.05) is 0 Å². The highest BCUT2D eigenvalue weighted by Crippen LogP contribution is 2.28. The Balaban J connectivity index is 2.08. The van der Waals surface area contributed by atoms with Gasteiger partial charge in [0, 0.05) is 22.3 Å². The van der Waals surface area contributed by atoms with Crippen molar-refractivity contribution < 1.29 is 4.21 Å². The van der Waals surface area contributed by atoms with Crippen LogP contribution in [0.4, 0.5) is 0 Å². The zero-order valence-corrected chi connectivity index (χ0v) is 11.8. The van der Waals surface area contributed by atoms with E-state index in [0.717, 1.165) is 31.3 Å². The van der Waals surface area contributed by atoms with Gasteiger partial charge >= 0.3 is 0 Å². The molecule has 96 valence electrons. The minimum Gasteiger partial charge on any atom is -0.316 e. The Bertz CT molecular complexity index is 220. The third-order valence-electron chi connectivity index (χ3n) is 3.99. The summed E-state index contributed by atoms with van der Waals surface area (Å²) in [7, 11) is -0.665. The van der Waals surface area contributed by atoms with Crippen molar-refractivity contribution in [3.8, 4) is 0 Å². The van der Waals surface area contributed by atoms with Crippen LogP contribution in [-0.4, -0.2) is 28.8 Å². The smallest absolute Gasteiger partial charge is 0.0329 e. The average Bonchev–Trinajstić information content (AvgIpc) is 2.26. The largest absolute Gasteiger partial charge is 0.316 e. The van der Waals surface area contributed by atoms with E-state index in [1.165, 1.54) is 25.7 Å². The molecular weight excluding hydrogens is 218 g/mol. The summed E-state index contributed by atoms with van der Waals surface area (Å²) in [5, 5.41) is 3.87. The summed E-state index contributed by atoms with van der Waals surface area (Å²) in [4.78, 5) is 0. The molecular formula is C13H27NOS. The zero-order valence-electron chi connectivity index (χ0n) is 11.0. The van der Waals surface area contributed by atoms with E-state index < -0.39 is 10.8 Å². The van der Waals surface area contributed by atoms with E-state index in [-0.39, 0.29) is 0 Å². The molecule has 0 aliphatic heterocycles. The molecule has 0 spiro atoms. The molecule has 0 saturated heterocycles. The van der Waals surface area contributed by atoms with Gasteiger partial charge in [-0.2, -0.15) is 0 Å². The second-order valence-corrected chi connectivity index (χ2v) is 7.13. The minimum atomic E-state index is -0.665. The predicted molar refractivity (Wildman–Crippen MR) is 72.1 cm³/mol. The quantitative estimate of drug-likeness (QED) is 0.729. The van der Waals surface area contributed by atoms with Crippen LogP contribution in [-0.2, 0) is 10.8 Å². The summed E-state index contributed by atoms with van der Waals surface area (Å²) in [6.45, 7) is 6.63. The number of rotatable bonds is 6. The van der Waals surface area contributed by atoms with E-state index >= 15 is 0 Å². The molecule has 16 heavy (non-hydrogen) atoms. The van der Waals surface area contributed by atoms with Gasteiger partial charge in [-0.3, -0.25) is 4.21 Å². The van der Waals surface area contributed by atoms with Crippen LogP contribution >= 0.6 is 0 Å². The Labute approximate surface area is 103 Å². The molecule has 3 heteroatoms. The van der Waals surface area contributed by atoms with Gasteiger partial charge in [-0.1, -0.05) is 33.1 Å². The molecule has 0 aromatic rings. The van der Waals surface area contributed by atoms with Crippen molar-refractivity contribution in [1.29, 1.82) is 0 Å². The maximum atomic E-state index is 11.2. The van der Waals surface area contributed by atoms with E-state index in [2.05, 4.69) is 19.2 Å². The van der Waals surface area contributed by atoms with E-state index in [4.69, 9.17) is 0 Å². The van der Waals surface area contributed by atoms with Gasteiger partial charge in [0.15, 0.2) is 0 Å². The summed E-state index contributed by atoms with van der Waals surface area (Å²) in [6, 6.07) is 0. The van der Waals surface area contributed by atoms with Crippen molar-refractivity contribution in [3.63, 3.8) is 0 Å². The lowest BCUT2D eigenvalue weighted by Gasteiger charge is -2.29. The number of hydrogen-bond donors (Lipinski definition) is 1. The molecule has 0 bridgehead atoms. The Kier molecular flexibility index (Phi) is 6.59. The number of nitrogens with one attached hydrogen (secondary N) is 1. The van der Waals surface area contributed by atoms with Crippen LogP contribution in [0.25, 0.3) is 0 Å². The lowest BCUT2D eigenvalue weighted by molar-refractivity contribution is 0.248. The molecule has 0 aromatic heterocycles. The molecule has 1 rings (SSSR count). The van der Waals surface area contributed by atoms with Crippen LogP contribution in [0.15, 0.2) is 0 Å². The maximum Gasteiger partial charge on any atom is 0.0329 e. The summed E-state index contributed by atoms with van der Waals surface area (Å²) in [5.74, 6) is 1.76. The molecule has 0 heterocycles. The van der Waals surface area contributed by atoms with Gasteiger partial charge in [0.25, 0.3) is 0 Å². The van der Waals surface area contributed by atoms with Gasteiger partial charge < -0.3 is 5.32 Å². The third-order valence-corrected chi connectivity index (χ3v) is 5.36. The summed E-state index contributed by atoms with van der Waals surface area (Å²) in [5.41, 5.74) is 0. The van der Waals surface area contributed by atoms with Crippen molar-refractivity contribution >= 4 is 10.8 Å². The van der Waals surface area contributed by atoms with Crippen molar-refractivity contribution in [2.24, 2.45) is 11.8 Å². The topological polar surface area (TPSA) is 29.1 Å². The summed E-state index contributed by atoms with van der Waals surface area (Å²) >= 11 is 0. The lowest BCUT2D eigenvalue weighted by atomic mass is 9.80. The summed E-state index contributed by atoms with van der Waals surface area (Å²) < 4.78 is 11.2. The molecule has 0 amide bonds. The van der Waals surface area contributed by atoms with Crippen molar-refractivity contribution in [1.82, 2.24) is 5.32 Å². The average molecular weight is 245 g/mol. The Morgan fingerprint density at radius 2 is 2.06 bits per heavy atom. The van der Waals surface area contributed by atoms with Crippen LogP contribution in [0.1, 0.15) is 46.0 Å². The monoisotopic (exact) mass is 245 g/mol. The first kappa shape index (κ1) is 14.2. The van der Waals surface area contributed by atoms with Crippen LogP contribution in [0, 0.1) is 11.8 Å².